The molecule has 0 radical (unpaired) electrons. The van der Waals surface area contributed by atoms with E-state index in [9.17, 15) is 9.59 Å². The molecule has 0 unspecified atom stereocenters. The average Bonchev–Trinajstić information content (AvgIpc) is 2.49. The summed E-state index contributed by atoms with van der Waals surface area (Å²) in [6.07, 6.45) is 0.498. The minimum Gasteiger partial charge on any atom is -0.375 e. The minimum atomic E-state index is -0.550. The van der Waals surface area contributed by atoms with E-state index >= 15 is 0 Å². The molecule has 2 atom stereocenters. The fourth-order valence-corrected chi connectivity index (χ4v) is 2.94. The lowest BCUT2D eigenvalue weighted by Gasteiger charge is -2.37. The van der Waals surface area contributed by atoms with E-state index < -0.39 is 11.9 Å². The van der Waals surface area contributed by atoms with Crippen molar-refractivity contribution in [2.75, 3.05) is 26.2 Å². The van der Waals surface area contributed by atoms with Crippen LogP contribution in [0.15, 0.2) is 24.3 Å². The van der Waals surface area contributed by atoms with E-state index in [0.717, 1.165) is 6.42 Å². The zero-order chi connectivity index (χ0) is 16.8. The van der Waals surface area contributed by atoms with Crippen LogP contribution in [-0.2, 0) is 20.7 Å². The highest BCUT2D eigenvalue weighted by atomic mass is 16.5. The van der Waals surface area contributed by atoms with Gasteiger partial charge in [0.05, 0.1) is 19.3 Å². The molecule has 1 aliphatic rings. The van der Waals surface area contributed by atoms with Gasteiger partial charge in [-0.15, -0.1) is 0 Å². The largest absolute Gasteiger partial charge is 0.375 e. The highest BCUT2D eigenvalue weighted by Gasteiger charge is 2.34. The van der Waals surface area contributed by atoms with Crippen molar-refractivity contribution in [2.45, 2.75) is 32.4 Å². The van der Waals surface area contributed by atoms with Crippen LogP contribution in [0.2, 0.25) is 0 Å². The number of hydrogen-bond acceptors (Lipinski definition) is 4. The van der Waals surface area contributed by atoms with Crippen LogP contribution in [0.25, 0.3) is 0 Å². The number of carbonyl (C=O) groups is 2. The van der Waals surface area contributed by atoms with E-state index in [1.54, 1.807) is 11.8 Å². The van der Waals surface area contributed by atoms with Gasteiger partial charge in [-0.1, -0.05) is 24.3 Å². The molecular formula is C17H25N3O3. The van der Waals surface area contributed by atoms with Crippen LogP contribution in [0.3, 0.4) is 0 Å². The lowest BCUT2D eigenvalue weighted by Crippen LogP contribution is -2.58. The molecular weight excluding hydrogens is 294 g/mol. The summed E-state index contributed by atoms with van der Waals surface area (Å²) in [5, 5.41) is 2.91. The molecule has 3 N–H and O–H groups in total. The van der Waals surface area contributed by atoms with Crippen molar-refractivity contribution in [3.63, 3.8) is 0 Å². The summed E-state index contributed by atoms with van der Waals surface area (Å²) in [5.74, 6) is -0.552. The van der Waals surface area contributed by atoms with Crippen molar-refractivity contribution in [1.82, 2.24) is 10.2 Å². The second-order valence-corrected chi connectivity index (χ2v) is 5.92. The Bertz CT molecular complexity index is 562. The number of carbonyl (C=O) groups excluding carboxylic acids is 2. The highest BCUT2D eigenvalue weighted by molar-refractivity contribution is 5.83. The van der Waals surface area contributed by atoms with Crippen LogP contribution in [-0.4, -0.2) is 55.1 Å². The van der Waals surface area contributed by atoms with E-state index in [1.807, 2.05) is 12.1 Å². The SMILES string of the molecule is Cc1ccccc1CCNC(=O)CN1CCO[C@H](C)[C@H]1C(N)=O. The molecule has 1 fully saturated rings. The third kappa shape index (κ3) is 4.77. The first kappa shape index (κ1) is 17.4. The maximum absolute atomic E-state index is 12.1. The number of amides is 2. The molecule has 2 amide bonds. The number of nitrogens with zero attached hydrogens (tertiary/aromatic N) is 1. The number of aryl methyl sites for hydroxylation is 1. The van der Waals surface area contributed by atoms with Gasteiger partial charge >= 0.3 is 0 Å². The van der Waals surface area contributed by atoms with Crippen LogP contribution in [0.4, 0.5) is 0 Å². The van der Waals surface area contributed by atoms with Crippen LogP contribution in [0.1, 0.15) is 18.1 Å². The summed E-state index contributed by atoms with van der Waals surface area (Å²) >= 11 is 0. The standard InChI is InChI=1S/C17H25N3O3/c1-12-5-3-4-6-14(12)7-8-19-15(21)11-20-9-10-23-13(2)16(20)17(18)22/h3-6,13,16H,7-11H2,1-2H3,(H2,18,22)(H,19,21)/t13-,16+/m1/s1. The molecule has 0 saturated carbocycles. The van der Waals surface area contributed by atoms with Crippen LogP contribution < -0.4 is 11.1 Å². The maximum atomic E-state index is 12.1. The zero-order valence-electron chi connectivity index (χ0n) is 13.7. The molecule has 2 rings (SSSR count). The summed E-state index contributed by atoms with van der Waals surface area (Å²) in [6, 6.07) is 7.57. The Morgan fingerprint density at radius 2 is 2.13 bits per heavy atom. The molecule has 0 spiro atoms. The molecule has 1 aliphatic heterocycles. The molecule has 23 heavy (non-hydrogen) atoms. The first-order chi connectivity index (χ1) is 11.0. The normalized spacial score (nSPS) is 21.8. The van der Waals surface area contributed by atoms with E-state index in [-0.39, 0.29) is 18.6 Å². The van der Waals surface area contributed by atoms with Crippen LogP contribution >= 0.6 is 0 Å². The van der Waals surface area contributed by atoms with Crippen molar-refractivity contribution in [3.8, 4) is 0 Å². The lowest BCUT2D eigenvalue weighted by molar-refractivity contribution is -0.139. The van der Waals surface area contributed by atoms with Gasteiger partial charge in [0.2, 0.25) is 11.8 Å². The third-order valence-corrected chi connectivity index (χ3v) is 4.21. The molecule has 6 nitrogen and oxygen atoms in total. The van der Waals surface area contributed by atoms with E-state index in [1.165, 1.54) is 11.1 Å². The minimum absolute atomic E-state index is 0.0982. The molecule has 1 saturated heterocycles. The molecule has 1 aromatic carbocycles. The van der Waals surface area contributed by atoms with Gasteiger partial charge in [-0.25, -0.2) is 0 Å². The van der Waals surface area contributed by atoms with Gasteiger partial charge in [-0.3, -0.25) is 14.5 Å². The summed E-state index contributed by atoms with van der Waals surface area (Å²) in [5.41, 5.74) is 7.87. The van der Waals surface area contributed by atoms with Gasteiger partial charge in [0.15, 0.2) is 0 Å². The number of benzene rings is 1. The van der Waals surface area contributed by atoms with Crippen molar-refractivity contribution in [1.29, 1.82) is 0 Å². The number of hydrogen-bond donors (Lipinski definition) is 2. The number of morpholine rings is 1. The van der Waals surface area contributed by atoms with Gasteiger partial charge in [0.25, 0.3) is 0 Å². The molecule has 1 heterocycles. The predicted octanol–water partition coefficient (Wildman–Crippen LogP) is 0.228. The number of nitrogens with one attached hydrogen (secondary N) is 1. The predicted molar refractivity (Wildman–Crippen MR) is 87.9 cm³/mol. The summed E-state index contributed by atoms with van der Waals surface area (Å²) < 4.78 is 5.44. The molecule has 1 aromatic rings. The monoisotopic (exact) mass is 319 g/mol. The van der Waals surface area contributed by atoms with Crippen molar-refractivity contribution < 1.29 is 14.3 Å². The van der Waals surface area contributed by atoms with Gasteiger partial charge in [0.1, 0.15) is 6.04 Å². The topological polar surface area (TPSA) is 84.7 Å². The van der Waals surface area contributed by atoms with Crippen LogP contribution in [0, 0.1) is 6.92 Å². The lowest BCUT2D eigenvalue weighted by atomic mass is 10.1. The number of nitrogens with two attached hydrogens (primary N) is 1. The third-order valence-electron chi connectivity index (χ3n) is 4.21. The second-order valence-electron chi connectivity index (χ2n) is 5.92. The fraction of sp³-hybridized carbons (Fsp3) is 0.529. The first-order valence-electron chi connectivity index (χ1n) is 7.95. The van der Waals surface area contributed by atoms with Gasteiger partial charge in [-0.2, -0.15) is 0 Å². The Morgan fingerprint density at radius 3 is 2.83 bits per heavy atom. The Balaban J connectivity index is 1.82. The van der Waals surface area contributed by atoms with Gasteiger partial charge in [0, 0.05) is 13.1 Å². The molecule has 126 valence electrons. The zero-order valence-corrected chi connectivity index (χ0v) is 13.7. The molecule has 0 aromatic heterocycles. The smallest absolute Gasteiger partial charge is 0.237 e. The molecule has 0 aliphatic carbocycles. The van der Waals surface area contributed by atoms with Crippen molar-refractivity contribution >= 4 is 11.8 Å². The Morgan fingerprint density at radius 1 is 1.39 bits per heavy atom. The summed E-state index contributed by atoms with van der Waals surface area (Å²) in [6.45, 7) is 5.63. The number of ether oxygens (including phenoxy) is 1. The van der Waals surface area contributed by atoms with Crippen molar-refractivity contribution in [2.24, 2.45) is 5.73 Å². The van der Waals surface area contributed by atoms with E-state index in [2.05, 4.69) is 24.4 Å². The quantitative estimate of drug-likeness (QED) is 0.786. The fourth-order valence-electron chi connectivity index (χ4n) is 2.94. The number of primary amides is 1. The van der Waals surface area contributed by atoms with Crippen molar-refractivity contribution in [3.05, 3.63) is 35.4 Å². The molecule has 6 heteroatoms. The highest BCUT2D eigenvalue weighted by Crippen LogP contribution is 2.13. The Hall–Kier alpha value is -1.92. The summed E-state index contributed by atoms with van der Waals surface area (Å²) in [4.78, 5) is 25.5. The molecule has 0 bridgehead atoms. The average molecular weight is 319 g/mol. The maximum Gasteiger partial charge on any atom is 0.237 e. The number of rotatable bonds is 6. The Kier molecular flexibility index (Phi) is 6.12. The van der Waals surface area contributed by atoms with Crippen LogP contribution in [0.5, 0.6) is 0 Å². The first-order valence-corrected chi connectivity index (χ1v) is 7.95. The summed E-state index contributed by atoms with van der Waals surface area (Å²) in [7, 11) is 0. The van der Waals surface area contributed by atoms with E-state index in [4.69, 9.17) is 10.5 Å². The second kappa shape index (κ2) is 8.08. The Labute approximate surface area is 137 Å². The van der Waals surface area contributed by atoms with Gasteiger partial charge < -0.3 is 15.8 Å². The van der Waals surface area contributed by atoms with E-state index in [0.29, 0.717) is 19.7 Å². The van der Waals surface area contributed by atoms with Gasteiger partial charge in [-0.05, 0) is 31.4 Å².